The summed E-state index contributed by atoms with van der Waals surface area (Å²) in [7, 11) is 0. The number of nitrogens with two attached hydrogens (primary N) is 1. The average Bonchev–Trinajstić information content (AvgIpc) is 2.26. The maximum atomic E-state index is 10.7. The summed E-state index contributed by atoms with van der Waals surface area (Å²) in [6, 6.07) is 1.01. The average molecular weight is 241 g/mol. The molecule has 0 bridgehead atoms. The van der Waals surface area contributed by atoms with Crippen LogP contribution in [0.4, 0.5) is 11.4 Å². The highest BCUT2D eigenvalue weighted by Crippen LogP contribution is 2.28. The molecule has 0 heterocycles. The first-order valence-electron chi connectivity index (χ1n) is 4.25. The van der Waals surface area contributed by atoms with Crippen LogP contribution in [0.15, 0.2) is 18.2 Å². The normalized spacial score (nSPS) is 11.8. The van der Waals surface area contributed by atoms with Crippen molar-refractivity contribution in [1.82, 2.24) is 0 Å². The lowest BCUT2D eigenvalue weighted by Crippen LogP contribution is -2.21. The number of hydrogen-bond donors (Lipinski definition) is 2. The van der Waals surface area contributed by atoms with Crippen molar-refractivity contribution in [1.29, 1.82) is 0 Å². The molecule has 1 aromatic carbocycles. The number of non-ortho nitro benzene ring substituents is 1. The Hall–Kier alpha value is -2.55. The molecule has 0 saturated carbocycles. The van der Waals surface area contributed by atoms with E-state index >= 15 is 0 Å². The SMILES string of the molecule is N[C@@H](C(=O)O)c1ccc([N+](=O)[O-])cc1[N+](=O)[O-]. The number of carboxylic acid groups (broad SMARTS) is 1. The first-order chi connectivity index (χ1) is 7.84. The lowest BCUT2D eigenvalue weighted by molar-refractivity contribution is -0.394. The van der Waals surface area contributed by atoms with E-state index in [1.165, 1.54) is 0 Å². The van der Waals surface area contributed by atoms with Crippen molar-refractivity contribution in [2.45, 2.75) is 6.04 Å². The Morgan fingerprint density at radius 2 is 1.88 bits per heavy atom. The van der Waals surface area contributed by atoms with Crippen LogP contribution in [0.1, 0.15) is 11.6 Å². The summed E-state index contributed by atoms with van der Waals surface area (Å²) in [5.74, 6) is -1.46. The van der Waals surface area contributed by atoms with Gasteiger partial charge >= 0.3 is 5.97 Å². The Kier molecular flexibility index (Phi) is 3.34. The molecule has 0 unspecified atom stereocenters. The van der Waals surface area contributed by atoms with Crippen molar-refractivity contribution < 1.29 is 19.7 Å². The molecule has 0 aliphatic carbocycles. The molecule has 0 aromatic heterocycles. The van der Waals surface area contributed by atoms with Crippen molar-refractivity contribution >= 4 is 17.3 Å². The second kappa shape index (κ2) is 4.53. The van der Waals surface area contributed by atoms with Crippen LogP contribution in [0.5, 0.6) is 0 Å². The van der Waals surface area contributed by atoms with Gasteiger partial charge in [0.2, 0.25) is 0 Å². The fourth-order valence-corrected chi connectivity index (χ4v) is 1.20. The molecule has 0 radical (unpaired) electrons. The minimum Gasteiger partial charge on any atom is -0.480 e. The second-order valence-corrected chi connectivity index (χ2v) is 3.07. The summed E-state index contributed by atoms with van der Waals surface area (Å²) in [6.07, 6.45) is 0. The largest absolute Gasteiger partial charge is 0.480 e. The maximum Gasteiger partial charge on any atom is 0.325 e. The first-order valence-corrected chi connectivity index (χ1v) is 4.25. The van der Waals surface area contributed by atoms with Gasteiger partial charge in [0.1, 0.15) is 6.04 Å². The van der Waals surface area contributed by atoms with E-state index < -0.39 is 33.2 Å². The van der Waals surface area contributed by atoms with Gasteiger partial charge in [-0.05, 0) is 6.07 Å². The van der Waals surface area contributed by atoms with Crippen molar-refractivity contribution in [2.75, 3.05) is 0 Å². The van der Waals surface area contributed by atoms with Gasteiger partial charge in [-0.1, -0.05) is 0 Å². The number of aliphatic carboxylic acids is 1. The molecule has 1 rings (SSSR count). The molecule has 90 valence electrons. The van der Waals surface area contributed by atoms with Gasteiger partial charge in [-0.25, -0.2) is 0 Å². The van der Waals surface area contributed by atoms with Crippen molar-refractivity contribution in [3.63, 3.8) is 0 Å². The van der Waals surface area contributed by atoms with E-state index in [4.69, 9.17) is 10.8 Å². The number of nitro groups is 2. The summed E-state index contributed by atoms with van der Waals surface area (Å²) in [5.41, 5.74) is 3.76. The van der Waals surface area contributed by atoms with E-state index in [1.54, 1.807) is 0 Å². The van der Waals surface area contributed by atoms with Gasteiger partial charge in [0.05, 0.1) is 21.5 Å². The molecular weight excluding hydrogens is 234 g/mol. The summed E-state index contributed by atoms with van der Waals surface area (Å²) < 4.78 is 0. The highest BCUT2D eigenvalue weighted by atomic mass is 16.6. The Bertz CT molecular complexity index is 500. The van der Waals surface area contributed by atoms with Gasteiger partial charge in [-0.3, -0.25) is 25.0 Å². The highest BCUT2D eigenvalue weighted by Gasteiger charge is 2.26. The van der Waals surface area contributed by atoms with Crippen molar-refractivity contribution in [3.05, 3.63) is 44.0 Å². The molecule has 0 amide bonds. The van der Waals surface area contributed by atoms with Gasteiger partial charge in [0.25, 0.3) is 11.4 Å². The summed E-state index contributed by atoms with van der Waals surface area (Å²) in [4.78, 5) is 30.0. The summed E-state index contributed by atoms with van der Waals surface area (Å²) >= 11 is 0. The number of rotatable bonds is 4. The van der Waals surface area contributed by atoms with E-state index in [1.807, 2.05) is 0 Å². The lowest BCUT2D eigenvalue weighted by Gasteiger charge is -2.06. The number of nitro benzene ring substituents is 2. The Labute approximate surface area is 93.8 Å². The molecule has 0 saturated heterocycles. The van der Waals surface area contributed by atoms with Gasteiger partial charge in [-0.2, -0.15) is 0 Å². The monoisotopic (exact) mass is 241 g/mol. The summed E-state index contributed by atoms with van der Waals surface area (Å²) in [6.45, 7) is 0. The van der Waals surface area contributed by atoms with Gasteiger partial charge in [-0.15, -0.1) is 0 Å². The highest BCUT2D eigenvalue weighted by molar-refractivity contribution is 5.77. The van der Waals surface area contributed by atoms with Gasteiger partial charge in [0.15, 0.2) is 0 Å². The smallest absolute Gasteiger partial charge is 0.325 e. The number of nitrogens with zero attached hydrogens (tertiary/aromatic N) is 2. The molecule has 1 aromatic rings. The predicted molar refractivity (Wildman–Crippen MR) is 54.3 cm³/mol. The topological polar surface area (TPSA) is 150 Å². The molecule has 1 atom stereocenters. The number of carboxylic acids is 1. The number of carbonyl (C=O) groups is 1. The van der Waals surface area contributed by atoms with Crippen LogP contribution in [-0.4, -0.2) is 20.9 Å². The summed E-state index contributed by atoms with van der Waals surface area (Å²) in [5, 5.41) is 29.7. The Morgan fingerprint density at radius 3 is 2.29 bits per heavy atom. The van der Waals surface area contributed by atoms with E-state index in [-0.39, 0.29) is 5.56 Å². The minimum atomic E-state index is -1.60. The van der Waals surface area contributed by atoms with Crippen LogP contribution in [0.2, 0.25) is 0 Å². The fraction of sp³-hybridized carbons (Fsp3) is 0.125. The molecule has 3 N–H and O–H groups in total. The quantitative estimate of drug-likeness (QED) is 0.578. The van der Waals surface area contributed by atoms with Crippen LogP contribution >= 0.6 is 0 Å². The molecule has 17 heavy (non-hydrogen) atoms. The maximum absolute atomic E-state index is 10.7. The minimum absolute atomic E-state index is 0.284. The van der Waals surface area contributed by atoms with Crippen LogP contribution in [0, 0.1) is 20.2 Å². The standard InChI is InChI=1S/C8H7N3O6/c9-7(8(12)13)5-2-1-4(10(14)15)3-6(5)11(16)17/h1-3,7H,9H2,(H,12,13)/t7-/m1/s1. The van der Waals surface area contributed by atoms with Crippen LogP contribution < -0.4 is 5.73 Å². The lowest BCUT2D eigenvalue weighted by atomic mass is 10.1. The van der Waals surface area contributed by atoms with Crippen molar-refractivity contribution in [3.8, 4) is 0 Å². The zero-order valence-corrected chi connectivity index (χ0v) is 8.27. The number of benzene rings is 1. The third-order valence-corrected chi connectivity index (χ3v) is 2.02. The molecule has 0 aliphatic heterocycles. The third kappa shape index (κ3) is 2.52. The van der Waals surface area contributed by atoms with E-state index in [0.29, 0.717) is 6.07 Å². The predicted octanol–water partition coefficient (Wildman–Crippen LogP) is 0.587. The van der Waals surface area contributed by atoms with Crippen LogP contribution in [-0.2, 0) is 4.79 Å². The zero-order chi connectivity index (χ0) is 13.2. The second-order valence-electron chi connectivity index (χ2n) is 3.07. The van der Waals surface area contributed by atoms with Gasteiger partial charge in [0, 0.05) is 6.07 Å². The van der Waals surface area contributed by atoms with Gasteiger partial charge < -0.3 is 10.8 Å². The van der Waals surface area contributed by atoms with E-state index in [9.17, 15) is 25.0 Å². The Morgan fingerprint density at radius 1 is 1.29 bits per heavy atom. The Balaban J connectivity index is 3.37. The molecular formula is C8H7N3O6. The molecule has 9 nitrogen and oxygen atoms in total. The molecule has 0 spiro atoms. The number of hydrogen-bond acceptors (Lipinski definition) is 6. The molecule has 0 fully saturated rings. The van der Waals surface area contributed by atoms with Crippen molar-refractivity contribution in [2.24, 2.45) is 5.73 Å². The van der Waals surface area contributed by atoms with E-state index in [0.717, 1.165) is 12.1 Å². The molecule has 9 heteroatoms. The third-order valence-electron chi connectivity index (χ3n) is 2.02. The van der Waals surface area contributed by atoms with E-state index in [2.05, 4.69) is 0 Å². The zero-order valence-electron chi connectivity index (χ0n) is 8.27. The first kappa shape index (κ1) is 12.5. The van der Waals surface area contributed by atoms with Crippen LogP contribution in [0.3, 0.4) is 0 Å². The fourth-order valence-electron chi connectivity index (χ4n) is 1.20. The molecule has 0 aliphatic rings. The van der Waals surface area contributed by atoms with Crippen LogP contribution in [0.25, 0.3) is 0 Å².